The van der Waals surface area contributed by atoms with Crippen LogP contribution in [0.4, 0.5) is 0 Å². The van der Waals surface area contributed by atoms with E-state index in [1.165, 1.54) is 7.11 Å². The van der Waals surface area contributed by atoms with Gasteiger partial charge in [-0.15, -0.1) is 0 Å². The Labute approximate surface area is 89.1 Å². The number of ether oxygens (including phenoxy) is 2. The van der Waals surface area contributed by atoms with Crippen LogP contribution in [0.3, 0.4) is 0 Å². The Bertz CT molecular complexity index is 279. The fraction of sp³-hybridized carbons (Fsp3) is 0.455. The Morgan fingerprint density at radius 1 is 1.20 bits per heavy atom. The molecule has 4 heteroatoms. The highest BCUT2D eigenvalue weighted by atomic mass is 16.5. The first-order valence-corrected chi connectivity index (χ1v) is 4.68. The van der Waals surface area contributed by atoms with Crippen molar-refractivity contribution in [2.24, 2.45) is 0 Å². The molecule has 4 nitrogen and oxygen atoms in total. The van der Waals surface area contributed by atoms with Gasteiger partial charge in [0.2, 0.25) is 0 Å². The minimum absolute atomic E-state index is 0.219. The van der Waals surface area contributed by atoms with E-state index in [0.717, 1.165) is 5.75 Å². The average molecular weight is 212 g/mol. The number of aliphatic hydroxyl groups excluding tert-OH is 2. The fourth-order valence-electron chi connectivity index (χ4n) is 1.32. The third kappa shape index (κ3) is 2.92. The van der Waals surface area contributed by atoms with Crippen LogP contribution in [0.15, 0.2) is 24.3 Å². The number of methoxy groups -OCH3 is 2. The summed E-state index contributed by atoms with van der Waals surface area (Å²) < 4.78 is 9.94. The van der Waals surface area contributed by atoms with E-state index < -0.39 is 12.2 Å². The highest BCUT2D eigenvalue weighted by molar-refractivity contribution is 5.28. The summed E-state index contributed by atoms with van der Waals surface area (Å²) in [5.74, 6) is 0.726. The van der Waals surface area contributed by atoms with Crippen LogP contribution in [-0.2, 0) is 4.74 Å². The molecule has 0 unspecified atom stereocenters. The minimum atomic E-state index is -0.828. The summed E-state index contributed by atoms with van der Waals surface area (Å²) >= 11 is 0. The molecular weight excluding hydrogens is 196 g/mol. The number of hydrogen-bond acceptors (Lipinski definition) is 4. The number of aliphatic hydroxyl groups is 2. The molecule has 2 N–H and O–H groups in total. The highest BCUT2D eigenvalue weighted by Gasteiger charge is 2.19. The van der Waals surface area contributed by atoms with Crippen molar-refractivity contribution >= 4 is 0 Å². The van der Waals surface area contributed by atoms with Crippen LogP contribution in [0.5, 0.6) is 5.75 Å². The molecule has 15 heavy (non-hydrogen) atoms. The van der Waals surface area contributed by atoms with Crippen molar-refractivity contribution in [3.8, 4) is 5.75 Å². The second-order valence-electron chi connectivity index (χ2n) is 3.17. The van der Waals surface area contributed by atoms with E-state index in [0.29, 0.717) is 5.56 Å². The summed E-state index contributed by atoms with van der Waals surface area (Å²) in [5, 5.41) is 18.8. The van der Waals surface area contributed by atoms with Gasteiger partial charge in [-0.1, -0.05) is 12.1 Å². The fourth-order valence-corrected chi connectivity index (χ4v) is 1.32. The highest BCUT2D eigenvalue weighted by Crippen LogP contribution is 2.21. The molecular formula is C11H16O4. The molecule has 0 saturated heterocycles. The van der Waals surface area contributed by atoms with E-state index in [2.05, 4.69) is 0 Å². The van der Waals surface area contributed by atoms with E-state index in [1.807, 2.05) is 0 Å². The predicted molar refractivity (Wildman–Crippen MR) is 55.8 cm³/mol. The van der Waals surface area contributed by atoms with E-state index in [1.54, 1.807) is 31.4 Å². The molecule has 0 bridgehead atoms. The molecule has 84 valence electrons. The van der Waals surface area contributed by atoms with Crippen molar-refractivity contribution < 1.29 is 19.7 Å². The van der Waals surface area contributed by atoms with Gasteiger partial charge in [0, 0.05) is 7.11 Å². The number of rotatable bonds is 5. The Balaban J connectivity index is 2.76. The van der Waals surface area contributed by atoms with Crippen molar-refractivity contribution in [3.05, 3.63) is 29.8 Å². The van der Waals surface area contributed by atoms with E-state index in [-0.39, 0.29) is 6.61 Å². The van der Waals surface area contributed by atoms with E-state index in [9.17, 15) is 5.11 Å². The van der Waals surface area contributed by atoms with E-state index >= 15 is 0 Å². The Morgan fingerprint density at radius 3 is 2.20 bits per heavy atom. The summed E-state index contributed by atoms with van der Waals surface area (Å²) in [6.45, 7) is -0.219. The van der Waals surface area contributed by atoms with Crippen LogP contribution in [-0.4, -0.2) is 37.1 Å². The zero-order valence-electron chi connectivity index (χ0n) is 8.88. The lowest BCUT2D eigenvalue weighted by molar-refractivity contribution is -0.0424. The Hall–Kier alpha value is -1.10. The summed E-state index contributed by atoms with van der Waals surface area (Å²) in [4.78, 5) is 0. The molecule has 1 aromatic carbocycles. The van der Waals surface area contributed by atoms with Crippen LogP contribution in [0.1, 0.15) is 11.7 Å². The quantitative estimate of drug-likeness (QED) is 0.755. The molecule has 1 rings (SSSR count). The molecule has 0 fully saturated rings. The number of hydrogen-bond donors (Lipinski definition) is 2. The maximum atomic E-state index is 9.82. The van der Waals surface area contributed by atoms with Gasteiger partial charge < -0.3 is 19.7 Å². The summed E-state index contributed by atoms with van der Waals surface area (Å²) in [6, 6.07) is 6.99. The third-order valence-corrected chi connectivity index (χ3v) is 2.29. The molecule has 0 amide bonds. The predicted octanol–water partition coefficient (Wildman–Crippen LogP) is 0.736. The van der Waals surface area contributed by atoms with Gasteiger partial charge in [-0.25, -0.2) is 0 Å². The molecule has 0 aliphatic carbocycles. The lowest BCUT2D eigenvalue weighted by Crippen LogP contribution is -2.24. The average Bonchev–Trinajstić information content (AvgIpc) is 2.30. The van der Waals surface area contributed by atoms with Gasteiger partial charge in [-0.2, -0.15) is 0 Å². The van der Waals surface area contributed by atoms with Crippen molar-refractivity contribution in [2.75, 3.05) is 20.8 Å². The first kappa shape index (κ1) is 12.0. The van der Waals surface area contributed by atoms with Crippen LogP contribution < -0.4 is 4.74 Å². The first-order chi connectivity index (χ1) is 7.22. The lowest BCUT2D eigenvalue weighted by Gasteiger charge is -2.19. The third-order valence-electron chi connectivity index (χ3n) is 2.29. The van der Waals surface area contributed by atoms with Gasteiger partial charge in [0.15, 0.2) is 0 Å². The van der Waals surface area contributed by atoms with Gasteiger partial charge in [-0.3, -0.25) is 0 Å². The number of benzene rings is 1. The SMILES string of the molecule is COc1ccc([C@@H](O)[C@@H](CO)OC)cc1. The van der Waals surface area contributed by atoms with Crippen LogP contribution in [0.25, 0.3) is 0 Å². The molecule has 2 atom stereocenters. The van der Waals surface area contributed by atoms with Crippen LogP contribution in [0, 0.1) is 0 Å². The molecule has 0 aliphatic rings. The second-order valence-corrected chi connectivity index (χ2v) is 3.17. The Kier molecular flexibility index (Phi) is 4.55. The van der Waals surface area contributed by atoms with Gasteiger partial charge in [-0.05, 0) is 17.7 Å². The molecule has 1 aromatic rings. The summed E-state index contributed by atoms with van der Waals surface area (Å²) in [7, 11) is 3.03. The van der Waals surface area contributed by atoms with Gasteiger partial charge in [0.25, 0.3) is 0 Å². The zero-order chi connectivity index (χ0) is 11.3. The standard InChI is InChI=1S/C11H16O4/c1-14-9-5-3-8(4-6-9)11(13)10(7-12)15-2/h3-6,10-13H,7H2,1-2H3/t10-,11-/m1/s1. The Morgan fingerprint density at radius 2 is 1.80 bits per heavy atom. The van der Waals surface area contributed by atoms with Crippen molar-refractivity contribution in [1.82, 2.24) is 0 Å². The smallest absolute Gasteiger partial charge is 0.118 e. The molecule has 0 spiro atoms. The molecule has 0 heterocycles. The monoisotopic (exact) mass is 212 g/mol. The molecule has 0 aliphatic heterocycles. The van der Waals surface area contributed by atoms with Crippen LogP contribution in [0.2, 0.25) is 0 Å². The second kappa shape index (κ2) is 5.70. The van der Waals surface area contributed by atoms with Crippen molar-refractivity contribution in [3.63, 3.8) is 0 Å². The van der Waals surface area contributed by atoms with E-state index in [4.69, 9.17) is 14.6 Å². The van der Waals surface area contributed by atoms with Crippen molar-refractivity contribution in [1.29, 1.82) is 0 Å². The maximum absolute atomic E-state index is 9.82. The lowest BCUT2D eigenvalue weighted by atomic mass is 10.0. The van der Waals surface area contributed by atoms with Crippen molar-refractivity contribution in [2.45, 2.75) is 12.2 Å². The summed E-state index contributed by atoms with van der Waals surface area (Å²) in [6.07, 6.45) is -1.43. The zero-order valence-corrected chi connectivity index (χ0v) is 8.88. The van der Waals surface area contributed by atoms with Gasteiger partial charge >= 0.3 is 0 Å². The molecule has 0 radical (unpaired) electrons. The van der Waals surface area contributed by atoms with Gasteiger partial charge in [0.1, 0.15) is 18.0 Å². The first-order valence-electron chi connectivity index (χ1n) is 4.68. The van der Waals surface area contributed by atoms with Gasteiger partial charge in [0.05, 0.1) is 13.7 Å². The minimum Gasteiger partial charge on any atom is -0.497 e. The van der Waals surface area contributed by atoms with Crippen LogP contribution >= 0.6 is 0 Å². The maximum Gasteiger partial charge on any atom is 0.118 e. The summed E-state index contributed by atoms with van der Waals surface area (Å²) in [5.41, 5.74) is 0.691. The normalized spacial score (nSPS) is 14.7. The molecule has 0 aromatic heterocycles. The largest absolute Gasteiger partial charge is 0.497 e. The molecule has 0 saturated carbocycles. The topological polar surface area (TPSA) is 58.9 Å².